The Bertz CT molecular complexity index is 1170. The number of allylic oxidation sites excluding steroid dienone is 1. The van der Waals surface area contributed by atoms with Crippen molar-refractivity contribution in [2.24, 2.45) is 4.99 Å². The molecule has 7 heteroatoms. The second-order valence-corrected chi connectivity index (χ2v) is 7.77. The molecule has 0 saturated carbocycles. The van der Waals surface area contributed by atoms with Crippen LogP contribution in [0.5, 0.6) is 5.88 Å². The fourth-order valence-electron chi connectivity index (χ4n) is 3.21. The van der Waals surface area contributed by atoms with Crippen LogP contribution in [0.15, 0.2) is 46.2 Å². The molecule has 1 N–H and O–H groups in total. The van der Waals surface area contributed by atoms with Gasteiger partial charge < -0.3 is 5.11 Å². The number of hydrogen-bond acceptors (Lipinski definition) is 4. The van der Waals surface area contributed by atoms with Gasteiger partial charge in [0.05, 0.1) is 17.1 Å². The molecule has 142 valence electrons. The lowest BCUT2D eigenvalue weighted by atomic mass is 10.0. The van der Waals surface area contributed by atoms with Crippen molar-refractivity contribution in [3.63, 3.8) is 0 Å². The largest absolute Gasteiger partial charge is 0.493 e. The summed E-state index contributed by atoms with van der Waals surface area (Å²) in [6.07, 6.45) is 4.33. The lowest BCUT2D eigenvalue weighted by Gasteiger charge is -2.07. The minimum absolute atomic E-state index is 0.138. The van der Waals surface area contributed by atoms with Crippen LogP contribution in [0.4, 0.5) is 10.1 Å². The SMILES string of the molecule is CCc1cccc2c1N=CC2=Cc1sc(=O)n(Cc2c(F)cccc2Cl)c1O. The smallest absolute Gasteiger partial charge is 0.310 e. The lowest BCUT2D eigenvalue weighted by molar-refractivity contribution is 0.418. The van der Waals surface area contributed by atoms with Crippen LogP contribution in [-0.4, -0.2) is 15.9 Å². The van der Waals surface area contributed by atoms with Crippen molar-refractivity contribution in [2.45, 2.75) is 19.9 Å². The molecule has 0 radical (unpaired) electrons. The molecule has 4 nitrogen and oxygen atoms in total. The van der Waals surface area contributed by atoms with Gasteiger partial charge in [0.2, 0.25) is 5.88 Å². The van der Waals surface area contributed by atoms with Gasteiger partial charge in [-0.2, -0.15) is 0 Å². The molecule has 2 heterocycles. The molecule has 0 atom stereocenters. The van der Waals surface area contributed by atoms with E-state index in [1.54, 1.807) is 18.4 Å². The van der Waals surface area contributed by atoms with Crippen LogP contribution in [0.1, 0.15) is 28.5 Å². The van der Waals surface area contributed by atoms with E-state index < -0.39 is 5.82 Å². The fraction of sp³-hybridized carbons (Fsp3) is 0.143. The number of nitrogens with zero attached hydrogens (tertiary/aromatic N) is 2. The molecule has 0 bridgehead atoms. The Morgan fingerprint density at radius 3 is 2.82 bits per heavy atom. The van der Waals surface area contributed by atoms with Crippen LogP contribution < -0.4 is 4.87 Å². The molecule has 0 saturated heterocycles. The van der Waals surface area contributed by atoms with Crippen LogP contribution in [-0.2, 0) is 13.0 Å². The van der Waals surface area contributed by atoms with E-state index >= 15 is 0 Å². The van der Waals surface area contributed by atoms with Crippen molar-refractivity contribution in [1.29, 1.82) is 0 Å². The summed E-state index contributed by atoms with van der Waals surface area (Å²) in [6.45, 7) is 1.93. The number of rotatable bonds is 4. The van der Waals surface area contributed by atoms with Gasteiger partial charge in [-0.25, -0.2) is 4.39 Å². The van der Waals surface area contributed by atoms with Gasteiger partial charge in [-0.1, -0.05) is 54.1 Å². The molecule has 0 fully saturated rings. The van der Waals surface area contributed by atoms with E-state index in [9.17, 15) is 14.3 Å². The number of aromatic hydroxyl groups is 1. The predicted molar refractivity (Wildman–Crippen MR) is 113 cm³/mol. The molecule has 0 aliphatic carbocycles. The lowest BCUT2D eigenvalue weighted by Crippen LogP contribution is -2.14. The van der Waals surface area contributed by atoms with E-state index in [4.69, 9.17) is 11.6 Å². The van der Waals surface area contributed by atoms with Gasteiger partial charge in [0.25, 0.3) is 0 Å². The topological polar surface area (TPSA) is 54.6 Å². The van der Waals surface area contributed by atoms with Gasteiger partial charge in [0.1, 0.15) is 5.82 Å². The normalized spacial score (nSPS) is 14.0. The Morgan fingerprint density at radius 2 is 2.07 bits per heavy atom. The Labute approximate surface area is 169 Å². The second kappa shape index (κ2) is 7.37. The van der Waals surface area contributed by atoms with Gasteiger partial charge in [-0.05, 0) is 30.2 Å². The number of halogens is 2. The van der Waals surface area contributed by atoms with Crippen molar-refractivity contribution in [3.8, 4) is 5.88 Å². The molecule has 2 aromatic carbocycles. The number of aromatic nitrogens is 1. The van der Waals surface area contributed by atoms with E-state index in [-0.39, 0.29) is 27.9 Å². The van der Waals surface area contributed by atoms with Crippen LogP contribution in [0.2, 0.25) is 5.02 Å². The highest BCUT2D eigenvalue weighted by Crippen LogP contribution is 2.37. The highest BCUT2D eigenvalue weighted by Gasteiger charge is 2.19. The first kappa shape index (κ1) is 18.7. The van der Waals surface area contributed by atoms with E-state index in [2.05, 4.69) is 11.9 Å². The highest BCUT2D eigenvalue weighted by molar-refractivity contribution is 7.10. The van der Waals surface area contributed by atoms with Gasteiger partial charge in [-0.3, -0.25) is 14.4 Å². The van der Waals surface area contributed by atoms with Crippen molar-refractivity contribution in [3.05, 3.63) is 78.5 Å². The Balaban J connectivity index is 1.74. The van der Waals surface area contributed by atoms with Crippen LogP contribution >= 0.6 is 22.9 Å². The quantitative estimate of drug-likeness (QED) is 0.631. The fourth-order valence-corrected chi connectivity index (χ4v) is 4.27. The number of aryl methyl sites for hydroxylation is 1. The van der Waals surface area contributed by atoms with Crippen molar-refractivity contribution in [2.75, 3.05) is 0 Å². The summed E-state index contributed by atoms with van der Waals surface area (Å²) in [4.78, 5) is 16.9. The number of para-hydroxylation sites is 1. The maximum Gasteiger partial charge on any atom is 0.310 e. The monoisotopic (exact) mass is 414 g/mol. The van der Waals surface area contributed by atoms with E-state index in [0.717, 1.165) is 44.7 Å². The third-order valence-electron chi connectivity index (χ3n) is 4.70. The predicted octanol–water partition coefficient (Wildman–Crippen LogP) is 5.28. The molecule has 0 spiro atoms. The van der Waals surface area contributed by atoms with Crippen LogP contribution in [0, 0.1) is 5.82 Å². The van der Waals surface area contributed by atoms with Crippen molar-refractivity contribution in [1.82, 2.24) is 4.57 Å². The van der Waals surface area contributed by atoms with Gasteiger partial charge in [-0.15, -0.1) is 0 Å². The van der Waals surface area contributed by atoms with Crippen molar-refractivity contribution < 1.29 is 9.50 Å². The third kappa shape index (κ3) is 3.19. The maximum atomic E-state index is 14.1. The average molecular weight is 415 g/mol. The van der Waals surface area contributed by atoms with E-state index in [1.165, 1.54) is 12.1 Å². The zero-order valence-corrected chi connectivity index (χ0v) is 16.5. The molecule has 0 amide bonds. The summed E-state index contributed by atoms with van der Waals surface area (Å²) in [5.74, 6) is -0.732. The Kier molecular flexibility index (Phi) is 4.91. The molecule has 28 heavy (non-hydrogen) atoms. The number of thiazole rings is 1. The third-order valence-corrected chi connectivity index (χ3v) is 5.97. The minimum Gasteiger partial charge on any atom is -0.493 e. The highest BCUT2D eigenvalue weighted by atomic mass is 35.5. The summed E-state index contributed by atoms with van der Waals surface area (Å²) in [6, 6.07) is 10.3. The zero-order chi connectivity index (χ0) is 19.8. The molecule has 4 rings (SSSR count). The van der Waals surface area contributed by atoms with E-state index in [1.807, 2.05) is 18.2 Å². The van der Waals surface area contributed by atoms with Gasteiger partial charge in [0, 0.05) is 27.9 Å². The molecule has 3 aromatic rings. The number of hydrogen-bond donors (Lipinski definition) is 1. The summed E-state index contributed by atoms with van der Waals surface area (Å²) in [5, 5.41) is 10.8. The first-order valence-electron chi connectivity index (χ1n) is 8.73. The number of aliphatic imine (C=N–C) groups is 1. The minimum atomic E-state index is -0.520. The van der Waals surface area contributed by atoms with Gasteiger partial charge in [0.15, 0.2) is 0 Å². The first-order chi connectivity index (χ1) is 13.5. The summed E-state index contributed by atoms with van der Waals surface area (Å²) < 4.78 is 15.2. The molecule has 1 aromatic heterocycles. The second-order valence-electron chi connectivity index (χ2n) is 6.37. The number of benzene rings is 2. The standard InChI is InChI=1S/C21H16ClFN2O2S/c1-2-12-5-3-6-14-13(10-24-19(12)14)9-18-20(26)25(21(27)28-18)11-15-16(22)7-4-8-17(15)23/h3-10,26H,2,11H2,1H3. The number of fused-ring (bicyclic) bond motifs is 1. The summed E-state index contributed by atoms with van der Waals surface area (Å²) in [7, 11) is 0. The van der Waals surface area contributed by atoms with Crippen LogP contribution in [0.3, 0.4) is 0 Å². The Morgan fingerprint density at radius 1 is 1.29 bits per heavy atom. The maximum absolute atomic E-state index is 14.1. The zero-order valence-electron chi connectivity index (χ0n) is 14.9. The summed E-state index contributed by atoms with van der Waals surface area (Å²) >= 11 is 6.95. The first-order valence-corrected chi connectivity index (χ1v) is 9.92. The molecule has 0 unspecified atom stereocenters. The van der Waals surface area contributed by atoms with E-state index in [0.29, 0.717) is 4.88 Å². The Hall–Kier alpha value is -2.70. The van der Waals surface area contributed by atoms with Gasteiger partial charge >= 0.3 is 4.87 Å². The molecule has 1 aliphatic rings. The molecule has 1 aliphatic heterocycles. The van der Waals surface area contributed by atoms with Crippen LogP contribution in [0.25, 0.3) is 11.6 Å². The molecular formula is C21H16ClFN2O2S. The summed E-state index contributed by atoms with van der Waals surface area (Å²) in [5.41, 5.74) is 4.00. The van der Waals surface area contributed by atoms with Crippen molar-refractivity contribution >= 4 is 46.5 Å². The molecular weight excluding hydrogens is 399 g/mol. The average Bonchev–Trinajstić information content (AvgIpc) is 3.20.